The Balaban J connectivity index is 1.46. The molecule has 2 fully saturated rings. The van der Waals surface area contributed by atoms with Crippen molar-refractivity contribution in [3.63, 3.8) is 0 Å². The van der Waals surface area contributed by atoms with Crippen LogP contribution in [0.15, 0.2) is 36.9 Å². The number of aromatic nitrogens is 3. The SMILES string of the molecule is Cc1cc(F)c(NC(=O)N2C3CCCC2C3)cc1-c1cn2ccnc2cn1. The van der Waals surface area contributed by atoms with E-state index < -0.39 is 5.82 Å². The molecule has 2 aliphatic heterocycles. The fraction of sp³-hybridized carbons (Fsp3) is 0.350. The van der Waals surface area contributed by atoms with E-state index in [1.165, 1.54) is 12.5 Å². The van der Waals surface area contributed by atoms with Crippen LogP contribution in [0.5, 0.6) is 0 Å². The number of nitrogens with one attached hydrogen (secondary N) is 1. The summed E-state index contributed by atoms with van der Waals surface area (Å²) in [5.74, 6) is -0.431. The van der Waals surface area contributed by atoms with E-state index in [2.05, 4.69) is 15.3 Å². The molecule has 2 atom stereocenters. The molecule has 2 amide bonds. The van der Waals surface area contributed by atoms with Crippen molar-refractivity contribution in [1.82, 2.24) is 19.3 Å². The standard InChI is InChI=1S/C20H20FN5O/c1-12-7-16(21)17(24-20(27)26-13-3-2-4-14(26)8-13)9-15(12)18-11-25-6-5-22-19(25)10-23-18/h5-7,9-11,13-14H,2-4,8H2,1H3,(H,24,27). The number of hydrogen-bond donors (Lipinski definition) is 1. The summed E-state index contributed by atoms with van der Waals surface area (Å²) >= 11 is 0. The quantitative estimate of drug-likeness (QED) is 0.747. The van der Waals surface area contributed by atoms with Crippen LogP contribution in [0.1, 0.15) is 31.2 Å². The van der Waals surface area contributed by atoms with Crippen LogP contribution < -0.4 is 5.32 Å². The highest BCUT2D eigenvalue weighted by Crippen LogP contribution is 2.38. The van der Waals surface area contributed by atoms with E-state index in [1.54, 1.807) is 18.5 Å². The summed E-state index contributed by atoms with van der Waals surface area (Å²) in [6.07, 6.45) is 11.4. The Bertz CT molecular complexity index is 1030. The lowest BCUT2D eigenvalue weighted by Crippen LogP contribution is -2.62. The minimum Gasteiger partial charge on any atom is -0.318 e. The molecule has 0 spiro atoms. The zero-order valence-electron chi connectivity index (χ0n) is 15.0. The maximum absolute atomic E-state index is 14.5. The second kappa shape index (κ2) is 6.04. The Kier molecular flexibility index (Phi) is 3.63. The minimum atomic E-state index is -0.431. The maximum atomic E-state index is 14.5. The van der Waals surface area contributed by atoms with Crippen molar-refractivity contribution in [3.05, 3.63) is 48.3 Å². The number of carbonyl (C=O) groups excluding carboxylic acids is 1. The second-order valence-corrected chi connectivity index (χ2v) is 7.42. The van der Waals surface area contributed by atoms with Gasteiger partial charge in [0.25, 0.3) is 0 Å². The number of amides is 2. The smallest absolute Gasteiger partial charge is 0.318 e. The van der Waals surface area contributed by atoms with E-state index in [0.29, 0.717) is 17.8 Å². The zero-order chi connectivity index (χ0) is 18.5. The van der Waals surface area contributed by atoms with Crippen LogP contribution in [0.25, 0.3) is 16.9 Å². The molecular formula is C20H20FN5O. The summed E-state index contributed by atoms with van der Waals surface area (Å²) in [5, 5.41) is 2.78. The van der Waals surface area contributed by atoms with Crippen molar-refractivity contribution in [3.8, 4) is 11.3 Å². The van der Waals surface area contributed by atoms with Gasteiger partial charge in [0.05, 0.1) is 17.6 Å². The Morgan fingerprint density at radius 1 is 1.26 bits per heavy atom. The van der Waals surface area contributed by atoms with Gasteiger partial charge in [-0.05, 0) is 50.3 Å². The van der Waals surface area contributed by atoms with Crippen LogP contribution in [0.2, 0.25) is 0 Å². The van der Waals surface area contributed by atoms with E-state index >= 15 is 0 Å². The molecule has 5 rings (SSSR count). The van der Waals surface area contributed by atoms with Crippen molar-refractivity contribution in [2.75, 3.05) is 5.32 Å². The van der Waals surface area contributed by atoms with Crippen LogP contribution in [-0.2, 0) is 0 Å². The first-order valence-corrected chi connectivity index (χ1v) is 9.29. The fourth-order valence-corrected chi connectivity index (χ4v) is 4.33. The van der Waals surface area contributed by atoms with E-state index in [4.69, 9.17) is 0 Å². The van der Waals surface area contributed by atoms with Crippen LogP contribution in [0.4, 0.5) is 14.9 Å². The summed E-state index contributed by atoms with van der Waals surface area (Å²) in [4.78, 5) is 23.2. The van der Waals surface area contributed by atoms with Crippen molar-refractivity contribution in [2.24, 2.45) is 0 Å². The summed E-state index contributed by atoms with van der Waals surface area (Å²) < 4.78 is 16.4. The third-order valence-corrected chi connectivity index (χ3v) is 5.75. The molecule has 2 aliphatic rings. The van der Waals surface area contributed by atoms with Crippen molar-refractivity contribution in [2.45, 2.75) is 44.7 Å². The number of piperidine rings is 1. The molecule has 6 nitrogen and oxygen atoms in total. The number of nitrogens with zero attached hydrogens (tertiary/aromatic N) is 4. The highest BCUT2D eigenvalue weighted by atomic mass is 19.1. The van der Waals surface area contributed by atoms with Gasteiger partial charge in [0, 0.05) is 36.2 Å². The van der Waals surface area contributed by atoms with Gasteiger partial charge in [-0.15, -0.1) is 0 Å². The third kappa shape index (κ3) is 2.65. The van der Waals surface area contributed by atoms with Crippen LogP contribution in [0, 0.1) is 12.7 Å². The normalized spacial score (nSPS) is 21.2. The summed E-state index contributed by atoms with van der Waals surface area (Å²) in [6, 6.07) is 3.53. The summed E-state index contributed by atoms with van der Waals surface area (Å²) in [5.41, 5.74) is 3.19. The highest BCUT2D eigenvalue weighted by molar-refractivity contribution is 5.91. The Morgan fingerprint density at radius 3 is 2.85 bits per heavy atom. The van der Waals surface area contributed by atoms with E-state index in [9.17, 15) is 9.18 Å². The van der Waals surface area contributed by atoms with Crippen LogP contribution >= 0.6 is 0 Å². The second-order valence-electron chi connectivity index (χ2n) is 7.42. The first-order chi connectivity index (χ1) is 13.1. The number of fused-ring (bicyclic) bond motifs is 3. The van der Waals surface area contributed by atoms with Gasteiger partial charge in [0.15, 0.2) is 5.65 Å². The number of halogens is 1. The van der Waals surface area contributed by atoms with Gasteiger partial charge in [-0.3, -0.25) is 4.98 Å². The van der Waals surface area contributed by atoms with Gasteiger partial charge in [-0.1, -0.05) is 0 Å². The minimum absolute atomic E-state index is 0.193. The molecule has 2 bridgehead atoms. The monoisotopic (exact) mass is 365 g/mol. The molecule has 0 radical (unpaired) electrons. The number of rotatable bonds is 2. The van der Waals surface area contributed by atoms with Gasteiger partial charge in [0.2, 0.25) is 0 Å². The van der Waals surface area contributed by atoms with Gasteiger partial charge in [0.1, 0.15) is 5.82 Å². The number of aryl methyl sites for hydroxylation is 1. The molecular weight excluding hydrogens is 345 g/mol. The molecule has 2 aromatic heterocycles. The summed E-state index contributed by atoms with van der Waals surface area (Å²) in [6.45, 7) is 1.84. The van der Waals surface area contributed by atoms with Gasteiger partial charge < -0.3 is 14.6 Å². The average molecular weight is 365 g/mol. The lowest BCUT2D eigenvalue weighted by Gasteiger charge is -2.52. The fourth-order valence-electron chi connectivity index (χ4n) is 4.33. The lowest BCUT2D eigenvalue weighted by atomic mass is 9.80. The molecule has 7 heteroatoms. The molecule has 4 heterocycles. The Morgan fingerprint density at radius 2 is 2.07 bits per heavy atom. The first kappa shape index (κ1) is 16.2. The maximum Gasteiger partial charge on any atom is 0.322 e. The molecule has 27 heavy (non-hydrogen) atoms. The molecule has 0 aliphatic carbocycles. The van der Waals surface area contributed by atoms with Gasteiger partial charge in [-0.25, -0.2) is 14.2 Å². The topological polar surface area (TPSA) is 62.5 Å². The third-order valence-electron chi connectivity index (χ3n) is 5.75. The molecule has 1 N–H and O–H groups in total. The molecule has 2 unspecified atom stereocenters. The number of hydrogen-bond acceptors (Lipinski definition) is 3. The van der Waals surface area contributed by atoms with E-state index in [1.807, 2.05) is 28.6 Å². The van der Waals surface area contributed by atoms with Crippen molar-refractivity contribution in [1.29, 1.82) is 0 Å². The van der Waals surface area contributed by atoms with Gasteiger partial charge >= 0.3 is 6.03 Å². The van der Waals surface area contributed by atoms with Gasteiger partial charge in [-0.2, -0.15) is 0 Å². The number of anilines is 1. The Labute approximate surface area is 156 Å². The number of imidazole rings is 1. The molecule has 3 aromatic rings. The highest BCUT2D eigenvalue weighted by Gasteiger charge is 2.44. The molecule has 0 saturated carbocycles. The average Bonchev–Trinajstić information content (AvgIpc) is 3.12. The van der Waals surface area contributed by atoms with Crippen molar-refractivity contribution < 1.29 is 9.18 Å². The van der Waals surface area contributed by atoms with Crippen LogP contribution in [0.3, 0.4) is 0 Å². The largest absolute Gasteiger partial charge is 0.322 e. The number of carbonyl (C=O) groups is 1. The molecule has 2 saturated heterocycles. The predicted molar refractivity (Wildman–Crippen MR) is 100 cm³/mol. The number of benzene rings is 1. The zero-order valence-corrected chi connectivity index (χ0v) is 15.0. The van der Waals surface area contributed by atoms with E-state index in [0.717, 1.165) is 36.0 Å². The van der Waals surface area contributed by atoms with Crippen LogP contribution in [-0.4, -0.2) is 37.4 Å². The Hall–Kier alpha value is -2.96. The van der Waals surface area contributed by atoms with E-state index in [-0.39, 0.29) is 11.7 Å². The summed E-state index contributed by atoms with van der Waals surface area (Å²) in [7, 11) is 0. The lowest BCUT2D eigenvalue weighted by molar-refractivity contribution is 0.0173. The van der Waals surface area contributed by atoms with Crippen molar-refractivity contribution >= 4 is 17.4 Å². The molecule has 1 aromatic carbocycles. The molecule has 138 valence electrons. The first-order valence-electron chi connectivity index (χ1n) is 9.29. The number of urea groups is 1. The predicted octanol–water partition coefficient (Wildman–Crippen LogP) is 4.00.